The summed E-state index contributed by atoms with van der Waals surface area (Å²) < 4.78 is 31.1. The largest absolute Gasteiger partial charge is 0.462 e. The van der Waals surface area contributed by atoms with Gasteiger partial charge in [-0.1, -0.05) is 13.0 Å². The van der Waals surface area contributed by atoms with Gasteiger partial charge in [-0.15, -0.1) is 0 Å². The fourth-order valence-corrected chi connectivity index (χ4v) is 1.55. The zero-order chi connectivity index (χ0) is 14.5. The van der Waals surface area contributed by atoms with Crippen molar-refractivity contribution in [3.05, 3.63) is 35.4 Å². The molecule has 0 aromatic heterocycles. The number of halogens is 2. The van der Waals surface area contributed by atoms with E-state index in [9.17, 15) is 23.8 Å². The molecule has 0 saturated carbocycles. The van der Waals surface area contributed by atoms with Gasteiger partial charge in [-0.3, -0.25) is 4.79 Å². The number of carbonyl (C=O) groups is 1. The average Bonchev–Trinajstić information content (AvgIpc) is 2.36. The predicted octanol–water partition coefficient (Wildman–Crippen LogP) is 1.49. The fourth-order valence-electron chi connectivity index (χ4n) is 1.55. The molecule has 1 aromatic rings. The number of ether oxygens (including phenoxy) is 1. The lowest BCUT2D eigenvalue weighted by Gasteiger charge is -2.26. The van der Waals surface area contributed by atoms with Crippen LogP contribution in [0.25, 0.3) is 0 Å². The molecule has 0 amide bonds. The van der Waals surface area contributed by atoms with E-state index in [1.165, 1.54) is 0 Å². The minimum atomic E-state index is -2.08. The molecular weight excluding hydrogens is 258 g/mol. The lowest BCUT2D eigenvalue weighted by Crippen LogP contribution is -2.37. The first-order chi connectivity index (χ1) is 8.92. The van der Waals surface area contributed by atoms with E-state index in [4.69, 9.17) is 4.74 Å². The van der Waals surface area contributed by atoms with Gasteiger partial charge in [0.2, 0.25) is 0 Å². The minimum absolute atomic E-state index is 0.160. The first-order valence-corrected chi connectivity index (χ1v) is 5.87. The fraction of sp³-hybridized carbons (Fsp3) is 0.462. The van der Waals surface area contributed by atoms with Crippen LogP contribution in [0.2, 0.25) is 0 Å². The Labute approximate surface area is 109 Å². The van der Waals surface area contributed by atoms with E-state index >= 15 is 0 Å². The zero-order valence-electron chi connectivity index (χ0n) is 10.5. The van der Waals surface area contributed by atoms with E-state index < -0.39 is 36.4 Å². The Bertz CT molecular complexity index is 450. The van der Waals surface area contributed by atoms with Gasteiger partial charge in [0, 0.05) is 18.1 Å². The maximum absolute atomic E-state index is 13.6. The zero-order valence-corrected chi connectivity index (χ0v) is 10.5. The summed E-state index contributed by atoms with van der Waals surface area (Å²) in [6.45, 7) is 0.332. The first-order valence-electron chi connectivity index (χ1n) is 5.87. The molecule has 0 heterocycles. The van der Waals surface area contributed by atoms with E-state index in [-0.39, 0.29) is 12.0 Å². The highest BCUT2D eigenvalue weighted by Crippen LogP contribution is 2.25. The molecule has 1 aromatic carbocycles. The molecule has 0 fully saturated rings. The van der Waals surface area contributed by atoms with Crippen molar-refractivity contribution in [1.29, 1.82) is 0 Å². The predicted molar refractivity (Wildman–Crippen MR) is 63.2 cm³/mol. The van der Waals surface area contributed by atoms with E-state index in [1.54, 1.807) is 6.92 Å². The molecule has 2 N–H and O–H groups in total. The number of esters is 1. The van der Waals surface area contributed by atoms with Crippen LogP contribution in [0, 0.1) is 11.6 Å². The van der Waals surface area contributed by atoms with E-state index in [2.05, 4.69) is 0 Å². The van der Waals surface area contributed by atoms with Crippen molar-refractivity contribution >= 4 is 5.97 Å². The highest BCUT2D eigenvalue weighted by Gasteiger charge is 2.33. The van der Waals surface area contributed by atoms with Crippen molar-refractivity contribution in [2.75, 3.05) is 13.2 Å². The number of benzene rings is 1. The monoisotopic (exact) mass is 274 g/mol. The smallest absolute Gasteiger partial charge is 0.305 e. The number of hydrogen-bond acceptors (Lipinski definition) is 4. The van der Waals surface area contributed by atoms with Gasteiger partial charge in [0.25, 0.3) is 0 Å². The first kappa shape index (κ1) is 15.5. The van der Waals surface area contributed by atoms with Crippen LogP contribution in [0.15, 0.2) is 18.2 Å². The molecule has 19 heavy (non-hydrogen) atoms. The van der Waals surface area contributed by atoms with Crippen LogP contribution in [-0.4, -0.2) is 29.4 Å². The normalized spacial score (nSPS) is 13.9. The molecule has 4 nitrogen and oxygen atoms in total. The van der Waals surface area contributed by atoms with Gasteiger partial charge in [-0.25, -0.2) is 8.78 Å². The average molecular weight is 274 g/mol. The van der Waals surface area contributed by atoms with Crippen molar-refractivity contribution in [1.82, 2.24) is 0 Å². The molecule has 0 aliphatic heterocycles. The van der Waals surface area contributed by atoms with Crippen molar-refractivity contribution in [2.45, 2.75) is 25.4 Å². The second kappa shape index (κ2) is 6.58. The van der Waals surface area contributed by atoms with Gasteiger partial charge in [-0.2, -0.15) is 0 Å². The number of hydrogen-bond donors (Lipinski definition) is 2. The van der Waals surface area contributed by atoms with Crippen LogP contribution in [0.1, 0.15) is 25.3 Å². The molecule has 6 heteroatoms. The van der Waals surface area contributed by atoms with Gasteiger partial charge < -0.3 is 14.9 Å². The summed E-state index contributed by atoms with van der Waals surface area (Å²) in [7, 11) is 0. The molecule has 1 unspecified atom stereocenters. The van der Waals surface area contributed by atoms with Crippen LogP contribution in [-0.2, 0) is 15.1 Å². The van der Waals surface area contributed by atoms with Gasteiger partial charge >= 0.3 is 5.97 Å². The summed E-state index contributed by atoms with van der Waals surface area (Å²) in [6, 6.07) is 2.55. The van der Waals surface area contributed by atoms with Crippen LogP contribution >= 0.6 is 0 Å². The van der Waals surface area contributed by atoms with Crippen molar-refractivity contribution in [3.63, 3.8) is 0 Å². The Morgan fingerprint density at radius 3 is 2.63 bits per heavy atom. The Balaban J connectivity index is 2.87. The molecule has 1 atom stereocenters. The van der Waals surface area contributed by atoms with E-state index in [0.717, 1.165) is 12.1 Å². The molecule has 0 aliphatic rings. The summed E-state index contributed by atoms with van der Waals surface area (Å²) in [6.07, 6.45) is 0.731. The van der Waals surface area contributed by atoms with Crippen molar-refractivity contribution in [3.8, 4) is 0 Å². The molecular formula is C13H16F2O4. The Morgan fingerprint density at radius 1 is 1.42 bits per heavy atom. The topological polar surface area (TPSA) is 66.8 Å². The summed E-state index contributed by atoms with van der Waals surface area (Å²) in [5.74, 6) is -2.37. The van der Waals surface area contributed by atoms with E-state index in [0.29, 0.717) is 12.5 Å². The highest BCUT2D eigenvalue weighted by atomic mass is 19.1. The van der Waals surface area contributed by atoms with Gasteiger partial charge in [0.1, 0.15) is 23.8 Å². The summed E-state index contributed by atoms with van der Waals surface area (Å²) >= 11 is 0. The second-order valence-electron chi connectivity index (χ2n) is 4.22. The van der Waals surface area contributed by atoms with Crippen LogP contribution in [0.3, 0.4) is 0 Å². The van der Waals surface area contributed by atoms with Gasteiger partial charge in [-0.05, 0) is 12.5 Å². The number of rotatable bonds is 6. The Kier molecular flexibility index (Phi) is 5.38. The van der Waals surface area contributed by atoms with Gasteiger partial charge in [0.05, 0.1) is 6.61 Å². The molecule has 0 aliphatic carbocycles. The van der Waals surface area contributed by atoms with Crippen LogP contribution in [0.4, 0.5) is 8.78 Å². The second-order valence-corrected chi connectivity index (χ2v) is 4.22. The molecule has 1 rings (SSSR count). The molecule has 0 spiro atoms. The molecule has 0 radical (unpaired) electrons. The third kappa shape index (κ3) is 3.97. The summed E-state index contributed by atoms with van der Waals surface area (Å²) in [5.41, 5.74) is -2.40. The minimum Gasteiger partial charge on any atom is -0.462 e. The standard InChI is InChI=1S/C13H16F2O4/c1-2-3-12(17)19-8-13(18,7-16)10-5-4-9(14)6-11(10)15/h4-6,16,18H,2-3,7-8H2,1H3. The SMILES string of the molecule is CCCC(=O)OCC(O)(CO)c1ccc(F)cc1F. The molecule has 0 bridgehead atoms. The molecule has 0 saturated heterocycles. The van der Waals surface area contributed by atoms with Gasteiger partial charge in [0.15, 0.2) is 0 Å². The highest BCUT2D eigenvalue weighted by molar-refractivity contribution is 5.69. The summed E-state index contributed by atoms with van der Waals surface area (Å²) in [5, 5.41) is 19.3. The lowest BCUT2D eigenvalue weighted by molar-refractivity contribution is -0.155. The van der Waals surface area contributed by atoms with Crippen molar-refractivity contribution in [2.24, 2.45) is 0 Å². The van der Waals surface area contributed by atoms with Crippen LogP contribution < -0.4 is 0 Å². The number of aliphatic hydroxyl groups excluding tert-OH is 1. The summed E-state index contributed by atoms with van der Waals surface area (Å²) in [4.78, 5) is 11.2. The van der Waals surface area contributed by atoms with E-state index in [1.807, 2.05) is 0 Å². The Morgan fingerprint density at radius 2 is 2.11 bits per heavy atom. The quantitative estimate of drug-likeness (QED) is 0.771. The lowest BCUT2D eigenvalue weighted by atomic mass is 9.95. The Hall–Kier alpha value is -1.53. The number of aliphatic hydroxyl groups is 2. The van der Waals surface area contributed by atoms with Crippen LogP contribution in [0.5, 0.6) is 0 Å². The molecule has 106 valence electrons. The van der Waals surface area contributed by atoms with Crippen molar-refractivity contribution < 1.29 is 28.5 Å². The third-order valence-electron chi connectivity index (χ3n) is 2.62. The maximum atomic E-state index is 13.6. The third-order valence-corrected chi connectivity index (χ3v) is 2.62. The maximum Gasteiger partial charge on any atom is 0.305 e. The number of carbonyl (C=O) groups excluding carboxylic acids is 1.